The first-order valence-corrected chi connectivity index (χ1v) is 10.8. The summed E-state index contributed by atoms with van der Waals surface area (Å²) in [7, 11) is 1.64. The second-order valence-corrected chi connectivity index (χ2v) is 8.32. The van der Waals surface area contributed by atoms with E-state index >= 15 is 0 Å². The topological polar surface area (TPSA) is 55.3 Å². The van der Waals surface area contributed by atoms with Gasteiger partial charge in [0.2, 0.25) is 5.91 Å². The maximum atomic E-state index is 13.2. The van der Waals surface area contributed by atoms with Gasteiger partial charge in [-0.05, 0) is 54.1 Å². The lowest BCUT2D eigenvalue weighted by atomic mass is 10.2. The number of hydrogen-bond acceptors (Lipinski definition) is 6. The molecule has 1 amide bonds. The monoisotopic (exact) mass is 421 g/mol. The molecule has 0 atom stereocenters. The van der Waals surface area contributed by atoms with Gasteiger partial charge in [-0.1, -0.05) is 23.5 Å². The lowest BCUT2D eigenvalue weighted by molar-refractivity contribution is -0.116. The van der Waals surface area contributed by atoms with Crippen LogP contribution in [0.1, 0.15) is 5.56 Å². The molecule has 0 fully saturated rings. The van der Waals surface area contributed by atoms with Gasteiger partial charge in [-0.2, -0.15) is 0 Å². The van der Waals surface area contributed by atoms with E-state index in [4.69, 9.17) is 9.72 Å². The van der Waals surface area contributed by atoms with Crippen LogP contribution < -0.4 is 9.64 Å². The van der Waals surface area contributed by atoms with Crippen molar-refractivity contribution >= 4 is 44.4 Å². The molecule has 2 aromatic carbocycles. The lowest BCUT2D eigenvalue weighted by Gasteiger charge is -2.20. The van der Waals surface area contributed by atoms with Crippen molar-refractivity contribution in [2.24, 2.45) is 0 Å². The molecule has 0 aliphatic carbocycles. The quantitative estimate of drug-likeness (QED) is 0.392. The number of carbonyl (C=O) groups excluding carboxylic acids is 1. The highest BCUT2D eigenvalue weighted by atomic mass is 32.2. The van der Waals surface area contributed by atoms with Gasteiger partial charge in [-0.15, -0.1) is 11.8 Å². The Morgan fingerprint density at radius 2 is 1.83 bits per heavy atom. The Morgan fingerprint density at radius 1 is 1.07 bits per heavy atom. The standard InChI is InChI=1S/C22H19N3O2S2/c1-27-17-6-8-18(9-7-17)28-15-21(26)25(14-16-10-12-23-13-11-16)22-24-19-4-2-3-5-20(19)29-22/h2-13H,14-15H2,1H3. The van der Waals surface area contributed by atoms with Gasteiger partial charge in [0.05, 0.1) is 29.6 Å². The molecule has 7 heteroatoms. The average molecular weight is 422 g/mol. The second kappa shape index (κ2) is 9.07. The minimum atomic E-state index is 0.0155. The van der Waals surface area contributed by atoms with E-state index in [9.17, 15) is 4.79 Å². The molecule has 0 aliphatic heterocycles. The van der Waals surface area contributed by atoms with Crippen LogP contribution in [0, 0.1) is 0 Å². The number of ether oxygens (including phenoxy) is 1. The van der Waals surface area contributed by atoms with Crippen molar-refractivity contribution in [2.45, 2.75) is 11.4 Å². The van der Waals surface area contributed by atoms with Crippen LogP contribution in [0.25, 0.3) is 10.2 Å². The molecule has 0 N–H and O–H groups in total. The van der Waals surface area contributed by atoms with Crippen LogP contribution in [-0.2, 0) is 11.3 Å². The van der Waals surface area contributed by atoms with Crippen LogP contribution in [0.15, 0.2) is 78.0 Å². The van der Waals surface area contributed by atoms with Gasteiger partial charge in [0.25, 0.3) is 0 Å². The number of thiazole rings is 1. The predicted molar refractivity (Wildman–Crippen MR) is 119 cm³/mol. The van der Waals surface area contributed by atoms with Crippen LogP contribution in [0.5, 0.6) is 5.75 Å². The largest absolute Gasteiger partial charge is 0.497 e. The maximum Gasteiger partial charge on any atom is 0.239 e. The number of nitrogens with zero attached hydrogens (tertiary/aromatic N) is 3. The van der Waals surface area contributed by atoms with Crippen molar-refractivity contribution in [3.05, 3.63) is 78.6 Å². The molecule has 0 unspecified atom stereocenters. The highest BCUT2D eigenvalue weighted by Gasteiger charge is 2.20. The smallest absolute Gasteiger partial charge is 0.239 e. The molecule has 2 aromatic heterocycles. The highest BCUT2D eigenvalue weighted by molar-refractivity contribution is 8.00. The number of pyridine rings is 1. The van der Waals surface area contributed by atoms with Crippen LogP contribution >= 0.6 is 23.1 Å². The van der Waals surface area contributed by atoms with Crippen molar-refractivity contribution in [1.82, 2.24) is 9.97 Å². The van der Waals surface area contributed by atoms with E-state index in [2.05, 4.69) is 4.98 Å². The zero-order valence-corrected chi connectivity index (χ0v) is 17.5. The van der Waals surface area contributed by atoms with Gasteiger partial charge in [0.15, 0.2) is 5.13 Å². The minimum Gasteiger partial charge on any atom is -0.497 e. The Morgan fingerprint density at radius 3 is 2.55 bits per heavy atom. The van der Waals surface area contributed by atoms with Crippen molar-refractivity contribution in [1.29, 1.82) is 0 Å². The Balaban J connectivity index is 1.55. The molecular weight excluding hydrogens is 402 g/mol. The van der Waals surface area contributed by atoms with E-state index in [0.29, 0.717) is 17.4 Å². The molecular formula is C22H19N3O2S2. The van der Waals surface area contributed by atoms with Crippen molar-refractivity contribution in [2.75, 3.05) is 17.8 Å². The molecule has 4 rings (SSSR count). The molecule has 0 radical (unpaired) electrons. The Bertz CT molecular complexity index is 1060. The summed E-state index contributed by atoms with van der Waals surface area (Å²) in [5.74, 6) is 1.14. The van der Waals surface area contributed by atoms with Gasteiger partial charge < -0.3 is 4.74 Å². The Labute approximate surface area is 177 Å². The molecule has 0 bridgehead atoms. The Hall–Kier alpha value is -2.90. The number of benzene rings is 2. The zero-order chi connectivity index (χ0) is 20.1. The summed E-state index contributed by atoms with van der Waals surface area (Å²) in [5, 5.41) is 0.711. The number of methoxy groups -OCH3 is 1. The highest BCUT2D eigenvalue weighted by Crippen LogP contribution is 2.31. The fraction of sp³-hybridized carbons (Fsp3) is 0.136. The number of carbonyl (C=O) groups is 1. The van der Waals surface area contributed by atoms with Gasteiger partial charge in [0.1, 0.15) is 5.75 Å². The molecule has 0 saturated heterocycles. The van der Waals surface area contributed by atoms with Gasteiger partial charge in [-0.3, -0.25) is 14.7 Å². The summed E-state index contributed by atoms with van der Waals surface area (Å²) < 4.78 is 6.26. The SMILES string of the molecule is COc1ccc(SCC(=O)N(Cc2ccncc2)c2nc3ccccc3s2)cc1. The molecule has 2 heterocycles. The maximum absolute atomic E-state index is 13.2. The molecule has 146 valence electrons. The first-order valence-electron chi connectivity index (χ1n) is 9.04. The van der Waals surface area contributed by atoms with E-state index in [0.717, 1.165) is 26.4 Å². The Kier molecular flexibility index (Phi) is 6.07. The molecule has 0 aliphatic rings. The van der Waals surface area contributed by atoms with E-state index < -0.39 is 0 Å². The van der Waals surface area contributed by atoms with Gasteiger partial charge in [0, 0.05) is 17.3 Å². The minimum absolute atomic E-state index is 0.0155. The van der Waals surface area contributed by atoms with Crippen LogP contribution in [-0.4, -0.2) is 28.7 Å². The van der Waals surface area contributed by atoms with Crippen molar-refractivity contribution < 1.29 is 9.53 Å². The third-order valence-electron chi connectivity index (χ3n) is 4.33. The normalized spacial score (nSPS) is 10.8. The number of hydrogen-bond donors (Lipinski definition) is 0. The number of fused-ring (bicyclic) bond motifs is 1. The van der Waals surface area contributed by atoms with Gasteiger partial charge >= 0.3 is 0 Å². The number of thioether (sulfide) groups is 1. The number of anilines is 1. The third kappa shape index (κ3) is 4.75. The second-order valence-electron chi connectivity index (χ2n) is 6.26. The van der Waals surface area contributed by atoms with E-state index in [1.807, 2.05) is 60.7 Å². The van der Waals surface area contributed by atoms with Crippen molar-refractivity contribution in [3.63, 3.8) is 0 Å². The summed E-state index contributed by atoms with van der Waals surface area (Å²) in [6.07, 6.45) is 3.48. The lowest BCUT2D eigenvalue weighted by Crippen LogP contribution is -2.31. The van der Waals surface area contributed by atoms with Crippen LogP contribution in [0.2, 0.25) is 0 Å². The van der Waals surface area contributed by atoms with E-state index in [1.54, 1.807) is 24.4 Å². The third-order valence-corrected chi connectivity index (χ3v) is 6.38. The molecule has 0 spiro atoms. The molecule has 5 nitrogen and oxygen atoms in total. The summed E-state index contributed by atoms with van der Waals surface area (Å²) >= 11 is 3.04. The van der Waals surface area contributed by atoms with Gasteiger partial charge in [-0.25, -0.2) is 4.98 Å². The first-order chi connectivity index (χ1) is 14.2. The predicted octanol–water partition coefficient (Wildman–Crippen LogP) is 5.03. The molecule has 4 aromatic rings. The number of rotatable bonds is 7. The van der Waals surface area contributed by atoms with Crippen LogP contribution in [0.3, 0.4) is 0 Å². The van der Waals surface area contributed by atoms with Crippen LogP contribution in [0.4, 0.5) is 5.13 Å². The summed E-state index contributed by atoms with van der Waals surface area (Å²) in [4.78, 5) is 24.7. The van der Waals surface area contributed by atoms with E-state index in [-0.39, 0.29) is 5.91 Å². The number of amides is 1. The number of aromatic nitrogens is 2. The fourth-order valence-corrected chi connectivity index (χ4v) is 4.56. The summed E-state index contributed by atoms with van der Waals surface area (Å²) in [5.41, 5.74) is 1.92. The zero-order valence-electron chi connectivity index (χ0n) is 15.8. The fourth-order valence-electron chi connectivity index (χ4n) is 2.80. The molecule has 29 heavy (non-hydrogen) atoms. The number of para-hydroxylation sites is 1. The first kappa shape index (κ1) is 19.4. The van der Waals surface area contributed by atoms with E-state index in [1.165, 1.54) is 23.1 Å². The average Bonchev–Trinajstić information content (AvgIpc) is 3.21. The summed E-state index contributed by atoms with van der Waals surface area (Å²) in [6, 6.07) is 19.5. The van der Waals surface area contributed by atoms with Crippen molar-refractivity contribution in [3.8, 4) is 5.75 Å². The summed E-state index contributed by atoms with van der Waals surface area (Å²) in [6.45, 7) is 0.463. The molecule has 0 saturated carbocycles.